The summed E-state index contributed by atoms with van der Waals surface area (Å²) >= 11 is 0. The third-order valence-electron chi connectivity index (χ3n) is 4.75. The summed E-state index contributed by atoms with van der Waals surface area (Å²) in [6.45, 7) is 0.870. The Bertz CT molecular complexity index is 406. The largest absolute Gasteiger partial charge is 0.377 e. The molecule has 0 radical (unpaired) electrons. The summed E-state index contributed by atoms with van der Waals surface area (Å²) in [5, 5.41) is 4.75. The Kier molecular flexibility index (Phi) is 4.73. The standard InChI is InChI=1S/C16H27N3O/c17-15(16-8-4-5-11-20-16)12-13-9-10-19(18-13)14-6-2-1-3-7-14/h9-10,14-16H,1-8,11-12,17H2. The minimum Gasteiger partial charge on any atom is -0.377 e. The van der Waals surface area contributed by atoms with Gasteiger partial charge in [-0.2, -0.15) is 5.10 Å². The number of ether oxygens (including phenoxy) is 1. The van der Waals surface area contributed by atoms with Crippen LogP contribution in [0, 0.1) is 0 Å². The van der Waals surface area contributed by atoms with Gasteiger partial charge in [-0.1, -0.05) is 19.3 Å². The Morgan fingerprint density at radius 2 is 2.00 bits per heavy atom. The van der Waals surface area contributed by atoms with E-state index in [9.17, 15) is 0 Å². The molecule has 0 amide bonds. The zero-order chi connectivity index (χ0) is 13.8. The first-order valence-electron chi connectivity index (χ1n) is 8.24. The maximum Gasteiger partial charge on any atom is 0.0729 e. The van der Waals surface area contributed by atoms with Gasteiger partial charge in [0.15, 0.2) is 0 Å². The van der Waals surface area contributed by atoms with E-state index in [0.717, 1.165) is 25.1 Å². The molecule has 1 saturated heterocycles. The van der Waals surface area contributed by atoms with Crippen molar-refractivity contribution in [3.05, 3.63) is 18.0 Å². The Balaban J connectivity index is 1.56. The normalized spacial score (nSPS) is 26.6. The molecule has 2 unspecified atom stereocenters. The van der Waals surface area contributed by atoms with Crippen molar-refractivity contribution >= 4 is 0 Å². The second kappa shape index (κ2) is 6.72. The molecule has 1 aliphatic carbocycles. The van der Waals surface area contributed by atoms with Crippen molar-refractivity contribution in [2.75, 3.05) is 6.61 Å². The van der Waals surface area contributed by atoms with E-state index in [1.807, 2.05) is 0 Å². The smallest absolute Gasteiger partial charge is 0.0729 e. The van der Waals surface area contributed by atoms with Gasteiger partial charge in [0.05, 0.1) is 17.8 Å². The van der Waals surface area contributed by atoms with Crippen molar-refractivity contribution in [2.24, 2.45) is 5.73 Å². The minimum atomic E-state index is 0.0880. The Morgan fingerprint density at radius 1 is 1.20 bits per heavy atom. The number of hydrogen-bond acceptors (Lipinski definition) is 3. The number of nitrogens with two attached hydrogens (primary N) is 1. The van der Waals surface area contributed by atoms with Crippen molar-refractivity contribution in [2.45, 2.75) is 76.0 Å². The minimum absolute atomic E-state index is 0.0880. The summed E-state index contributed by atoms with van der Waals surface area (Å²) in [4.78, 5) is 0. The van der Waals surface area contributed by atoms with Crippen LogP contribution in [0.25, 0.3) is 0 Å². The summed E-state index contributed by atoms with van der Waals surface area (Å²) in [6, 6.07) is 2.83. The van der Waals surface area contributed by atoms with Gasteiger partial charge in [0.2, 0.25) is 0 Å². The quantitative estimate of drug-likeness (QED) is 0.920. The van der Waals surface area contributed by atoms with E-state index >= 15 is 0 Å². The van der Waals surface area contributed by atoms with Crippen LogP contribution in [0.1, 0.15) is 63.1 Å². The molecule has 4 heteroatoms. The molecule has 2 aliphatic rings. The fourth-order valence-electron chi connectivity index (χ4n) is 3.51. The molecule has 1 saturated carbocycles. The highest BCUT2D eigenvalue weighted by Crippen LogP contribution is 2.27. The molecule has 2 fully saturated rings. The highest BCUT2D eigenvalue weighted by atomic mass is 16.5. The molecule has 3 rings (SSSR count). The van der Waals surface area contributed by atoms with Crippen molar-refractivity contribution in [1.29, 1.82) is 0 Å². The first-order valence-corrected chi connectivity index (χ1v) is 8.24. The van der Waals surface area contributed by atoms with Crippen LogP contribution >= 0.6 is 0 Å². The van der Waals surface area contributed by atoms with Gasteiger partial charge in [-0.05, 0) is 38.2 Å². The molecular weight excluding hydrogens is 250 g/mol. The predicted octanol–water partition coefficient (Wildman–Crippen LogP) is 2.83. The Morgan fingerprint density at radius 3 is 2.75 bits per heavy atom. The lowest BCUT2D eigenvalue weighted by Gasteiger charge is -2.27. The maximum atomic E-state index is 6.29. The van der Waals surface area contributed by atoms with Gasteiger partial charge in [0.25, 0.3) is 0 Å². The first kappa shape index (κ1) is 14.1. The summed E-state index contributed by atoms with van der Waals surface area (Å²) in [7, 11) is 0. The van der Waals surface area contributed by atoms with Crippen LogP contribution in [0.4, 0.5) is 0 Å². The third-order valence-corrected chi connectivity index (χ3v) is 4.75. The van der Waals surface area contributed by atoms with E-state index in [1.54, 1.807) is 0 Å². The van der Waals surface area contributed by atoms with Crippen molar-refractivity contribution in [3.63, 3.8) is 0 Å². The average Bonchev–Trinajstić information content (AvgIpc) is 2.97. The SMILES string of the molecule is NC(Cc1ccn(C2CCCCC2)n1)C1CCCCO1. The zero-order valence-corrected chi connectivity index (χ0v) is 12.3. The van der Waals surface area contributed by atoms with Crippen LogP contribution in [0.15, 0.2) is 12.3 Å². The van der Waals surface area contributed by atoms with Gasteiger partial charge in [-0.15, -0.1) is 0 Å². The molecule has 2 atom stereocenters. The fraction of sp³-hybridized carbons (Fsp3) is 0.812. The molecule has 2 heterocycles. The van der Waals surface area contributed by atoms with Gasteiger partial charge in [0.1, 0.15) is 0 Å². The number of aromatic nitrogens is 2. The van der Waals surface area contributed by atoms with Gasteiger partial charge in [0, 0.05) is 25.3 Å². The highest BCUT2D eigenvalue weighted by Gasteiger charge is 2.23. The van der Waals surface area contributed by atoms with Crippen LogP contribution in [0.2, 0.25) is 0 Å². The topological polar surface area (TPSA) is 53.1 Å². The predicted molar refractivity (Wildman–Crippen MR) is 79.6 cm³/mol. The average molecular weight is 277 g/mol. The Hall–Kier alpha value is -0.870. The lowest BCUT2D eigenvalue weighted by molar-refractivity contribution is 0.000436. The lowest BCUT2D eigenvalue weighted by atomic mass is 9.96. The van der Waals surface area contributed by atoms with Crippen LogP contribution < -0.4 is 5.73 Å². The van der Waals surface area contributed by atoms with E-state index in [0.29, 0.717) is 6.04 Å². The maximum absolute atomic E-state index is 6.29. The molecule has 20 heavy (non-hydrogen) atoms. The fourth-order valence-corrected chi connectivity index (χ4v) is 3.51. The van der Waals surface area contributed by atoms with Crippen LogP contribution in [-0.4, -0.2) is 28.5 Å². The third kappa shape index (κ3) is 3.41. The molecular formula is C16H27N3O. The lowest BCUT2D eigenvalue weighted by Crippen LogP contribution is -2.40. The number of rotatable bonds is 4. The van der Waals surface area contributed by atoms with Gasteiger partial charge < -0.3 is 10.5 Å². The zero-order valence-electron chi connectivity index (χ0n) is 12.3. The second-order valence-corrected chi connectivity index (χ2v) is 6.35. The van der Waals surface area contributed by atoms with Crippen molar-refractivity contribution < 1.29 is 4.74 Å². The van der Waals surface area contributed by atoms with Crippen LogP contribution in [0.3, 0.4) is 0 Å². The second-order valence-electron chi connectivity index (χ2n) is 6.35. The number of hydrogen-bond donors (Lipinski definition) is 1. The van der Waals surface area contributed by atoms with Gasteiger partial charge in [-0.3, -0.25) is 4.68 Å². The molecule has 1 aromatic rings. The molecule has 112 valence electrons. The first-order chi connectivity index (χ1) is 9.83. The summed E-state index contributed by atoms with van der Waals surface area (Å²) in [6.07, 6.45) is 13.4. The van der Waals surface area contributed by atoms with Crippen LogP contribution in [-0.2, 0) is 11.2 Å². The van der Waals surface area contributed by atoms with Crippen LogP contribution in [0.5, 0.6) is 0 Å². The molecule has 4 nitrogen and oxygen atoms in total. The van der Waals surface area contributed by atoms with E-state index in [4.69, 9.17) is 15.6 Å². The molecule has 0 aromatic carbocycles. The Labute approximate surface area is 121 Å². The van der Waals surface area contributed by atoms with Crippen molar-refractivity contribution in [1.82, 2.24) is 9.78 Å². The molecule has 2 N–H and O–H groups in total. The van der Waals surface area contributed by atoms with E-state index in [-0.39, 0.29) is 12.1 Å². The number of nitrogens with zero attached hydrogens (tertiary/aromatic N) is 2. The summed E-state index contributed by atoms with van der Waals surface area (Å²) in [5.41, 5.74) is 7.42. The van der Waals surface area contributed by atoms with Crippen molar-refractivity contribution in [3.8, 4) is 0 Å². The van der Waals surface area contributed by atoms with E-state index in [1.165, 1.54) is 44.9 Å². The molecule has 0 spiro atoms. The molecule has 1 aliphatic heterocycles. The summed E-state index contributed by atoms with van der Waals surface area (Å²) in [5.74, 6) is 0. The highest BCUT2D eigenvalue weighted by molar-refractivity contribution is 5.03. The van der Waals surface area contributed by atoms with E-state index < -0.39 is 0 Å². The summed E-state index contributed by atoms with van der Waals surface area (Å²) < 4.78 is 7.95. The monoisotopic (exact) mass is 277 g/mol. The van der Waals surface area contributed by atoms with E-state index in [2.05, 4.69) is 16.9 Å². The van der Waals surface area contributed by atoms with Gasteiger partial charge >= 0.3 is 0 Å². The van der Waals surface area contributed by atoms with Gasteiger partial charge in [-0.25, -0.2) is 0 Å². The molecule has 1 aromatic heterocycles. The molecule has 0 bridgehead atoms.